The minimum Gasteiger partial charge on any atom is -0.385 e. The van der Waals surface area contributed by atoms with Gasteiger partial charge in [0, 0.05) is 37.2 Å². The van der Waals surface area contributed by atoms with Crippen LogP contribution in [0.3, 0.4) is 0 Å². The van der Waals surface area contributed by atoms with Gasteiger partial charge in [-0.05, 0) is 45.3 Å². The smallest absolute Gasteiger partial charge is 0.0716 e. The predicted octanol–water partition coefficient (Wildman–Crippen LogP) is 11.5. The van der Waals surface area contributed by atoms with E-state index in [0.717, 1.165) is 0 Å². The largest absolute Gasteiger partial charge is 0.385 e. The van der Waals surface area contributed by atoms with Crippen molar-refractivity contribution in [2.24, 2.45) is 0 Å². The van der Waals surface area contributed by atoms with Crippen LogP contribution in [0.1, 0.15) is 130 Å². The van der Waals surface area contributed by atoms with Gasteiger partial charge in [0.2, 0.25) is 0 Å². The number of hydrogen-bond donors (Lipinski definition) is 0. The third-order valence-electron chi connectivity index (χ3n) is 7.93. The molecule has 0 saturated carbocycles. The van der Waals surface area contributed by atoms with Gasteiger partial charge < -0.3 is 9.47 Å². The molecule has 0 heterocycles. The van der Waals surface area contributed by atoms with Crippen LogP contribution in [0.2, 0.25) is 24.2 Å². The summed E-state index contributed by atoms with van der Waals surface area (Å²) >= 11 is 0. The molecule has 0 amide bonds. The lowest BCUT2D eigenvalue weighted by Gasteiger charge is -2.25. The van der Waals surface area contributed by atoms with Crippen molar-refractivity contribution in [1.29, 1.82) is 0 Å². The van der Waals surface area contributed by atoms with E-state index in [-0.39, 0.29) is 0 Å². The third kappa shape index (κ3) is 23.3. The van der Waals surface area contributed by atoms with Gasteiger partial charge >= 0.3 is 0 Å². The Labute approximate surface area is 258 Å². The molecule has 0 aliphatic heterocycles. The van der Waals surface area contributed by atoms with E-state index < -0.39 is 17.6 Å². The molecule has 0 aliphatic carbocycles. The molecule has 0 radical (unpaired) electrons. The van der Waals surface area contributed by atoms with Gasteiger partial charge in [0.05, 0.1) is 17.6 Å². The highest BCUT2D eigenvalue weighted by molar-refractivity contribution is 9.26. The first-order valence-electron chi connectivity index (χ1n) is 16.3. The van der Waals surface area contributed by atoms with Crippen molar-refractivity contribution in [3.63, 3.8) is 0 Å². The maximum absolute atomic E-state index is 6.07. The summed E-state index contributed by atoms with van der Waals surface area (Å²) < 4.78 is 12.1. The molecule has 0 N–H and O–H groups in total. The lowest BCUT2D eigenvalue weighted by atomic mass is 10.3. The molecule has 0 aromatic carbocycles. The van der Waals surface area contributed by atoms with Crippen molar-refractivity contribution in [2.45, 2.75) is 166 Å². The average molecular weight is 643 g/mol. The normalized spacial score (nSPS) is 13.6. The highest BCUT2D eigenvalue weighted by atomic mass is 33.7. The molecule has 0 saturated heterocycles. The summed E-state index contributed by atoms with van der Waals surface area (Å²) in [6.07, 6.45) is 21.9. The van der Waals surface area contributed by atoms with E-state index in [1.54, 1.807) is 0 Å². The van der Waals surface area contributed by atoms with Crippen LogP contribution in [0.15, 0.2) is 0 Å². The molecule has 0 aliphatic rings. The minimum absolute atomic E-state index is 0.599. The van der Waals surface area contributed by atoms with Gasteiger partial charge in [-0.15, -0.1) is 0 Å². The van der Waals surface area contributed by atoms with Crippen molar-refractivity contribution in [3.8, 4) is 0 Å². The van der Waals surface area contributed by atoms with Crippen LogP contribution >= 0.6 is 41.2 Å². The maximum atomic E-state index is 6.07. The Morgan fingerprint density at radius 3 is 1.05 bits per heavy atom. The Balaban J connectivity index is 4.09. The molecule has 0 rings (SSSR count). The van der Waals surface area contributed by atoms with E-state index in [2.05, 4.69) is 49.3 Å². The van der Waals surface area contributed by atoms with Crippen LogP contribution in [0.25, 0.3) is 0 Å². The average Bonchev–Trinajstić information content (AvgIpc) is 2.93. The third-order valence-corrected chi connectivity index (χ3v) is 22.5. The highest BCUT2D eigenvalue weighted by Gasteiger charge is 2.23. The molecule has 0 bridgehead atoms. The summed E-state index contributed by atoms with van der Waals surface area (Å²) in [5, 5.41) is 0. The van der Waals surface area contributed by atoms with Gasteiger partial charge in [0.25, 0.3) is 0 Å². The van der Waals surface area contributed by atoms with Gasteiger partial charge in [-0.3, -0.25) is 0 Å². The predicted molar refractivity (Wildman–Crippen MR) is 192 cm³/mol. The van der Waals surface area contributed by atoms with E-state index in [1.807, 2.05) is 33.9 Å². The second kappa shape index (κ2) is 31.7. The summed E-state index contributed by atoms with van der Waals surface area (Å²) in [6, 6.07) is 5.98. The number of ether oxygens (including phenoxy) is 2. The Kier molecular flexibility index (Phi) is 33.1. The fourth-order valence-electron chi connectivity index (χ4n) is 5.54. The zero-order valence-electron chi connectivity index (χ0n) is 26.3. The lowest BCUT2D eigenvalue weighted by molar-refractivity contribution is 0.151. The number of unbranched alkanes of at least 4 members (excludes halogenated alkanes) is 8. The van der Waals surface area contributed by atoms with E-state index in [1.165, 1.54) is 138 Å². The molecular formula is C30H66O2S4Si2. The summed E-state index contributed by atoms with van der Waals surface area (Å²) in [7, 11) is 10.5. The van der Waals surface area contributed by atoms with E-state index in [4.69, 9.17) is 9.47 Å². The van der Waals surface area contributed by atoms with Crippen molar-refractivity contribution in [3.05, 3.63) is 0 Å². The zero-order valence-corrected chi connectivity index (χ0v) is 31.9. The van der Waals surface area contributed by atoms with Crippen LogP contribution in [-0.4, -0.2) is 54.8 Å². The SMILES string of the molecule is CCCCC[SiH](CCCCC)C(CCCSSSSCCCC(OC)[SiH](CCCCC)CCCCC)OC. The van der Waals surface area contributed by atoms with Crippen LogP contribution < -0.4 is 0 Å². The first kappa shape index (κ1) is 39.8. The van der Waals surface area contributed by atoms with Crippen molar-refractivity contribution < 1.29 is 9.47 Å². The Morgan fingerprint density at radius 2 is 0.789 bits per heavy atom. The first-order valence-corrected chi connectivity index (χ1v) is 26.1. The van der Waals surface area contributed by atoms with Crippen LogP contribution in [0.4, 0.5) is 0 Å². The summed E-state index contributed by atoms with van der Waals surface area (Å²) in [5.74, 6) is 2.52. The molecule has 0 aromatic heterocycles. The molecule has 0 spiro atoms. The van der Waals surface area contributed by atoms with Gasteiger partial charge in [-0.25, -0.2) is 0 Å². The van der Waals surface area contributed by atoms with Crippen LogP contribution in [0, 0.1) is 0 Å². The Morgan fingerprint density at radius 1 is 0.474 bits per heavy atom. The van der Waals surface area contributed by atoms with Gasteiger partial charge in [-0.2, -0.15) is 0 Å². The standard InChI is InChI=1S/C30H66O2S4Si2/c1-7-11-15-25-37(26-16-12-8-2)29(31-5)21-19-23-33-35-36-34-24-20-22-30(32-6)38(27-17-13-9-3)28-18-14-10-4/h29-30,37-38H,7-28H2,1-6H3. The summed E-state index contributed by atoms with van der Waals surface area (Å²) in [6.45, 7) is 9.30. The van der Waals surface area contributed by atoms with E-state index in [0.29, 0.717) is 11.5 Å². The minimum atomic E-state index is -0.781. The van der Waals surface area contributed by atoms with E-state index >= 15 is 0 Å². The molecule has 38 heavy (non-hydrogen) atoms. The molecule has 2 nitrogen and oxygen atoms in total. The number of methoxy groups -OCH3 is 2. The lowest BCUT2D eigenvalue weighted by Crippen LogP contribution is -2.32. The quantitative estimate of drug-likeness (QED) is 0.0422. The van der Waals surface area contributed by atoms with Crippen molar-refractivity contribution >= 4 is 58.8 Å². The number of rotatable bonds is 31. The molecule has 0 aromatic rings. The fraction of sp³-hybridized carbons (Fsp3) is 1.00. The summed E-state index contributed by atoms with van der Waals surface area (Å²) in [4.78, 5) is 0. The van der Waals surface area contributed by atoms with E-state index in [9.17, 15) is 0 Å². The molecule has 2 unspecified atom stereocenters. The summed E-state index contributed by atoms with van der Waals surface area (Å²) in [5.41, 5.74) is 1.20. The molecule has 2 atom stereocenters. The van der Waals surface area contributed by atoms with Gasteiger partial charge in [0.15, 0.2) is 0 Å². The topological polar surface area (TPSA) is 18.5 Å². The van der Waals surface area contributed by atoms with Crippen LogP contribution in [0.5, 0.6) is 0 Å². The Bertz CT molecular complexity index is 406. The fourth-order valence-corrected chi connectivity index (χ4v) is 19.2. The number of hydrogen-bond acceptors (Lipinski definition) is 6. The van der Waals surface area contributed by atoms with Crippen molar-refractivity contribution in [2.75, 3.05) is 25.7 Å². The molecular weight excluding hydrogens is 577 g/mol. The molecule has 230 valence electrons. The first-order chi connectivity index (χ1) is 18.7. The monoisotopic (exact) mass is 642 g/mol. The van der Waals surface area contributed by atoms with Gasteiger partial charge in [-0.1, -0.05) is 151 Å². The molecule has 8 heteroatoms. The second-order valence-corrected chi connectivity index (χ2v) is 24.2. The zero-order chi connectivity index (χ0) is 28.1. The van der Waals surface area contributed by atoms with Crippen molar-refractivity contribution in [1.82, 2.24) is 0 Å². The maximum Gasteiger partial charge on any atom is 0.0716 e. The Hall–Kier alpha value is 1.75. The molecule has 0 fully saturated rings. The van der Waals surface area contributed by atoms with Crippen LogP contribution in [-0.2, 0) is 9.47 Å². The second-order valence-electron chi connectivity index (χ2n) is 11.1. The highest BCUT2D eigenvalue weighted by Crippen LogP contribution is 2.43. The van der Waals surface area contributed by atoms with Gasteiger partial charge in [0.1, 0.15) is 0 Å².